The maximum atomic E-state index is 13.0. The minimum Gasteiger partial charge on any atom is -0.459 e. The number of rotatable bonds is 5. The minimum atomic E-state index is -0.492. The highest BCUT2D eigenvalue weighted by Gasteiger charge is 2.27. The van der Waals surface area contributed by atoms with Crippen molar-refractivity contribution in [2.75, 3.05) is 0 Å². The van der Waals surface area contributed by atoms with Gasteiger partial charge in [-0.1, -0.05) is 19.1 Å². The second-order valence-electron chi connectivity index (χ2n) is 5.86. The molecule has 0 aliphatic rings. The first-order valence-corrected chi connectivity index (χ1v) is 7.30. The van der Waals surface area contributed by atoms with Gasteiger partial charge in [-0.25, -0.2) is 4.39 Å². The van der Waals surface area contributed by atoms with E-state index < -0.39 is 5.41 Å². The van der Waals surface area contributed by atoms with Crippen LogP contribution < -0.4 is 0 Å². The first-order valence-electron chi connectivity index (χ1n) is 7.30. The molecule has 2 aromatic rings. The normalized spacial score (nSPS) is 11.3. The quantitative estimate of drug-likeness (QED) is 0.770. The van der Waals surface area contributed by atoms with Crippen LogP contribution in [0.25, 0.3) is 11.1 Å². The van der Waals surface area contributed by atoms with Gasteiger partial charge in [0.15, 0.2) is 0 Å². The van der Waals surface area contributed by atoms with Crippen LogP contribution in [0.1, 0.15) is 32.9 Å². The first-order chi connectivity index (χ1) is 10.4. The van der Waals surface area contributed by atoms with Crippen LogP contribution in [-0.4, -0.2) is 11.0 Å². The average molecular weight is 301 g/mol. The Kier molecular flexibility index (Phi) is 4.91. The second-order valence-corrected chi connectivity index (χ2v) is 5.86. The van der Waals surface area contributed by atoms with E-state index in [1.54, 1.807) is 18.3 Å². The molecule has 1 heterocycles. The fraction of sp³-hybridized carbons (Fsp3) is 0.333. The van der Waals surface area contributed by atoms with Crippen molar-refractivity contribution in [1.82, 2.24) is 4.98 Å². The van der Waals surface area contributed by atoms with E-state index in [2.05, 4.69) is 4.98 Å². The van der Waals surface area contributed by atoms with Gasteiger partial charge in [0.25, 0.3) is 0 Å². The summed E-state index contributed by atoms with van der Waals surface area (Å²) in [6.07, 6.45) is 2.38. The zero-order valence-electron chi connectivity index (χ0n) is 13.1. The van der Waals surface area contributed by atoms with Gasteiger partial charge in [0.2, 0.25) is 0 Å². The van der Waals surface area contributed by atoms with Crippen LogP contribution in [0, 0.1) is 11.2 Å². The van der Waals surface area contributed by atoms with Crippen molar-refractivity contribution in [2.45, 2.75) is 33.8 Å². The highest BCUT2D eigenvalue weighted by Crippen LogP contribution is 2.23. The monoisotopic (exact) mass is 301 g/mol. The van der Waals surface area contributed by atoms with Gasteiger partial charge in [-0.3, -0.25) is 9.78 Å². The maximum absolute atomic E-state index is 13.0. The number of halogens is 1. The topological polar surface area (TPSA) is 39.2 Å². The molecule has 3 nitrogen and oxygen atoms in total. The lowest BCUT2D eigenvalue weighted by Crippen LogP contribution is -2.25. The van der Waals surface area contributed by atoms with E-state index in [1.165, 1.54) is 12.1 Å². The van der Waals surface area contributed by atoms with Crippen molar-refractivity contribution in [3.8, 4) is 11.1 Å². The van der Waals surface area contributed by atoms with Gasteiger partial charge in [-0.2, -0.15) is 0 Å². The molecule has 0 bridgehead atoms. The predicted molar refractivity (Wildman–Crippen MR) is 83.5 cm³/mol. The van der Waals surface area contributed by atoms with E-state index in [4.69, 9.17) is 4.74 Å². The molecular weight excluding hydrogens is 281 g/mol. The van der Waals surface area contributed by atoms with Crippen molar-refractivity contribution in [1.29, 1.82) is 0 Å². The summed E-state index contributed by atoms with van der Waals surface area (Å²) in [5.41, 5.74) is 1.98. The Morgan fingerprint density at radius 2 is 1.86 bits per heavy atom. The molecule has 0 atom stereocenters. The Balaban J connectivity index is 2.09. The maximum Gasteiger partial charge on any atom is 0.311 e. The molecule has 116 valence electrons. The van der Waals surface area contributed by atoms with Crippen LogP contribution in [0.4, 0.5) is 4.39 Å². The number of esters is 1. The molecule has 0 fully saturated rings. The van der Waals surface area contributed by atoms with Gasteiger partial charge in [-0.05, 0) is 55.7 Å². The fourth-order valence-corrected chi connectivity index (χ4v) is 1.86. The first kappa shape index (κ1) is 16.1. The average Bonchev–Trinajstić information content (AvgIpc) is 2.53. The Labute approximate surface area is 130 Å². The molecule has 0 aliphatic heterocycles. The van der Waals surface area contributed by atoms with Crippen LogP contribution in [0.5, 0.6) is 0 Å². The van der Waals surface area contributed by atoms with Crippen molar-refractivity contribution in [3.63, 3.8) is 0 Å². The summed E-state index contributed by atoms with van der Waals surface area (Å²) >= 11 is 0. The van der Waals surface area contributed by atoms with Crippen molar-refractivity contribution < 1.29 is 13.9 Å². The third kappa shape index (κ3) is 3.91. The number of hydrogen-bond acceptors (Lipinski definition) is 3. The molecule has 4 heteroatoms. The van der Waals surface area contributed by atoms with Crippen LogP contribution in [-0.2, 0) is 16.1 Å². The molecule has 0 saturated heterocycles. The van der Waals surface area contributed by atoms with Crippen molar-refractivity contribution in [3.05, 3.63) is 54.1 Å². The van der Waals surface area contributed by atoms with Crippen LogP contribution >= 0.6 is 0 Å². The molecular formula is C18H20FNO2. The number of nitrogens with zero attached hydrogens (tertiary/aromatic N) is 1. The van der Waals surface area contributed by atoms with E-state index in [0.717, 1.165) is 17.5 Å². The molecule has 0 spiro atoms. The molecule has 0 aliphatic carbocycles. The van der Waals surface area contributed by atoms with Gasteiger partial charge in [0.1, 0.15) is 12.4 Å². The number of carbonyl (C=O) groups is 1. The third-order valence-electron chi connectivity index (χ3n) is 3.78. The number of ether oxygens (including phenoxy) is 1. The lowest BCUT2D eigenvalue weighted by Gasteiger charge is -2.20. The number of aromatic nitrogens is 1. The number of pyridine rings is 1. The van der Waals surface area contributed by atoms with Crippen LogP contribution in [0.3, 0.4) is 0 Å². The number of carbonyl (C=O) groups excluding carboxylic acids is 1. The molecule has 0 radical (unpaired) electrons. The van der Waals surface area contributed by atoms with E-state index in [1.807, 2.05) is 32.9 Å². The highest BCUT2D eigenvalue weighted by atomic mass is 19.1. The van der Waals surface area contributed by atoms with E-state index in [-0.39, 0.29) is 18.4 Å². The number of hydrogen-bond donors (Lipinski definition) is 0. The summed E-state index contributed by atoms with van der Waals surface area (Å²) in [5.74, 6) is -0.502. The van der Waals surface area contributed by atoms with Crippen LogP contribution in [0.15, 0.2) is 42.6 Å². The molecule has 0 N–H and O–H groups in total. The van der Waals surface area contributed by atoms with Gasteiger partial charge in [0, 0.05) is 6.20 Å². The predicted octanol–water partition coefficient (Wildman–Crippen LogP) is 4.37. The SMILES string of the molecule is CCC(C)(C)C(=O)OCc1cc(-c2ccc(F)cc2)ccn1. The Hall–Kier alpha value is -2.23. The van der Waals surface area contributed by atoms with Crippen molar-refractivity contribution >= 4 is 5.97 Å². The van der Waals surface area contributed by atoms with Crippen LogP contribution in [0.2, 0.25) is 0 Å². The lowest BCUT2D eigenvalue weighted by molar-refractivity contribution is -0.155. The second kappa shape index (κ2) is 6.69. The summed E-state index contributed by atoms with van der Waals surface area (Å²) < 4.78 is 18.3. The zero-order chi connectivity index (χ0) is 16.2. The Morgan fingerprint density at radius 3 is 2.50 bits per heavy atom. The molecule has 1 aromatic carbocycles. The van der Waals surface area contributed by atoms with Gasteiger partial charge in [0.05, 0.1) is 11.1 Å². The van der Waals surface area contributed by atoms with E-state index in [0.29, 0.717) is 5.69 Å². The molecule has 0 amide bonds. The smallest absolute Gasteiger partial charge is 0.311 e. The number of benzene rings is 1. The summed E-state index contributed by atoms with van der Waals surface area (Å²) in [4.78, 5) is 16.2. The molecule has 0 saturated carbocycles. The van der Waals surface area contributed by atoms with E-state index in [9.17, 15) is 9.18 Å². The highest BCUT2D eigenvalue weighted by molar-refractivity contribution is 5.75. The molecule has 0 unspecified atom stereocenters. The minimum absolute atomic E-state index is 0.136. The standard InChI is InChI=1S/C18H20FNO2/c1-4-18(2,3)17(21)22-12-16-11-14(9-10-20-16)13-5-7-15(19)8-6-13/h5-11H,4,12H2,1-3H3. The summed E-state index contributed by atoms with van der Waals surface area (Å²) in [5, 5.41) is 0. The molecule has 22 heavy (non-hydrogen) atoms. The fourth-order valence-electron chi connectivity index (χ4n) is 1.86. The molecule has 1 aromatic heterocycles. The Morgan fingerprint density at radius 1 is 1.18 bits per heavy atom. The Bertz CT molecular complexity index is 650. The van der Waals surface area contributed by atoms with Crippen molar-refractivity contribution in [2.24, 2.45) is 5.41 Å². The summed E-state index contributed by atoms with van der Waals surface area (Å²) in [7, 11) is 0. The zero-order valence-corrected chi connectivity index (χ0v) is 13.1. The lowest BCUT2D eigenvalue weighted by atomic mass is 9.91. The summed E-state index contributed by atoms with van der Waals surface area (Å²) in [6.45, 7) is 5.81. The summed E-state index contributed by atoms with van der Waals surface area (Å²) in [6, 6.07) is 9.94. The van der Waals surface area contributed by atoms with Gasteiger partial charge < -0.3 is 4.74 Å². The molecule has 2 rings (SSSR count). The van der Waals surface area contributed by atoms with E-state index >= 15 is 0 Å². The van der Waals surface area contributed by atoms with Gasteiger partial charge in [-0.15, -0.1) is 0 Å². The van der Waals surface area contributed by atoms with Gasteiger partial charge >= 0.3 is 5.97 Å². The largest absolute Gasteiger partial charge is 0.459 e. The third-order valence-corrected chi connectivity index (χ3v) is 3.78.